The fourth-order valence-electron chi connectivity index (χ4n) is 3.25. The monoisotopic (exact) mass is 374 g/mol. The molecule has 4 aromatic carbocycles. The Bertz CT molecular complexity index is 1050. The van der Waals surface area contributed by atoms with Crippen molar-refractivity contribution >= 4 is 23.2 Å². The van der Waals surface area contributed by atoms with Gasteiger partial charge in [0.05, 0.1) is 10.0 Å². The van der Waals surface area contributed by atoms with E-state index in [4.69, 9.17) is 23.2 Å². The molecule has 0 aliphatic carbocycles. The molecule has 0 radical (unpaired) electrons. The van der Waals surface area contributed by atoms with Gasteiger partial charge < -0.3 is 0 Å². The van der Waals surface area contributed by atoms with Crippen LogP contribution in [0.15, 0.2) is 97.1 Å². The summed E-state index contributed by atoms with van der Waals surface area (Å²) in [6, 6.07) is 32.9. The van der Waals surface area contributed by atoms with Gasteiger partial charge in [-0.25, -0.2) is 0 Å². The van der Waals surface area contributed by atoms with E-state index in [1.807, 2.05) is 30.3 Å². The second-order valence-electron chi connectivity index (χ2n) is 6.06. The lowest BCUT2D eigenvalue weighted by atomic mass is 9.89. The summed E-state index contributed by atoms with van der Waals surface area (Å²) in [6.45, 7) is 0. The van der Waals surface area contributed by atoms with Crippen LogP contribution < -0.4 is 0 Å². The second kappa shape index (κ2) is 7.37. The van der Waals surface area contributed by atoms with Gasteiger partial charge in [-0.15, -0.1) is 0 Å². The van der Waals surface area contributed by atoms with Crippen LogP contribution >= 0.6 is 23.2 Å². The van der Waals surface area contributed by atoms with Gasteiger partial charge in [-0.3, -0.25) is 0 Å². The first-order valence-electron chi connectivity index (χ1n) is 8.44. The van der Waals surface area contributed by atoms with Gasteiger partial charge in [-0.2, -0.15) is 0 Å². The highest BCUT2D eigenvalue weighted by atomic mass is 35.5. The van der Waals surface area contributed by atoms with Gasteiger partial charge in [0.2, 0.25) is 0 Å². The highest BCUT2D eigenvalue weighted by molar-refractivity contribution is 6.43. The zero-order chi connectivity index (χ0) is 17.9. The maximum absolute atomic E-state index is 6.51. The molecule has 0 fully saturated rings. The van der Waals surface area contributed by atoms with Crippen molar-refractivity contribution in [1.29, 1.82) is 0 Å². The fourth-order valence-corrected chi connectivity index (χ4v) is 3.65. The predicted molar refractivity (Wildman–Crippen MR) is 113 cm³/mol. The van der Waals surface area contributed by atoms with E-state index in [9.17, 15) is 0 Å². The third-order valence-electron chi connectivity index (χ3n) is 4.47. The number of rotatable bonds is 3. The van der Waals surface area contributed by atoms with Gasteiger partial charge in [0.1, 0.15) is 0 Å². The van der Waals surface area contributed by atoms with Crippen molar-refractivity contribution in [3.8, 4) is 33.4 Å². The first-order chi connectivity index (χ1) is 12.8. The maximum Gasteiger partial charge on any atom is 0.0670 e. The molecule has 0 aliphatic heterocycles. The Balaban J connectivity index is 1.96. The van der Waals surface area contributed by atoms with E-state index < -0.39 is 0 Å². The summed E-state index contributed by atoms with van der Waals surface area (Å²) >= 11 is 12.8. The molecule has 0 heterocycles. The Morgan fingerprint density at radius 3 is 1.50 bits per heavy atom. The molecule has 0 nitrogen and oxygen atoms in total. The molecule has 2 heteroatoms. The summed E-state index contributed by atoms with van der Waals surface area (Å²) in [5.74, 6) is 0. The van der Waals surface area contributed by atoms with Crippen molar-refractivity contribution in [3.05, 3.63) is 107 Å². The molecule has 0 saturated heterocycles. The van der Waals surface area contributed by atoms with Crippen LogP contribution in [0.5, 0.6) is 0 Å². The van der Waals surface area contributed by atoms with Crippen molar-refractivity contribution in [2.75, 3.05) is 0 Å². The topological polar surface area (TPSA) is 0 Å². The first kappa shape index (κ1) is 16.9. The van der Waals surface area contributed by atoms with Crippen LogP contribution in [-0.2, 0) is 0 Å². The van der Waals surface area contributed by atoms with Crippen LogP contribution in [0.3, 0.4) is 0 Å². The molecule has 0 bridgehead atoms. The molecule has 126 valence electrons. The molecule has 26 heavy (non-hydrogen) atoms. The minimum absolute atomic E-state index is 0.565. The minimum Gasteiger partial charge on any atom is -0.0827 e. The van der Waals surface area contributed by atoms with Gasteiger partial charge in [0, 0.05) is 5.56 Å². The standard InChI is InChI=1S/C24H16Cl2/c25-23-16-8-15-22(24(23)26)21-14-7-6-13-20(21)19-12-5-4-11-18(19)17-9-2-1-3-10-17/h1-16H. The lowest BCUT2D eigenvalue weighted by Crippen LogP contribution is -1.89. The van der Waals surface area contributed by atoms with E-state index >= 15 is 0 Å². The predicted octanol–water partition coefficient (Wildman–Crippen LogP) is 7.99. The van der Waals surface area contributed by atoms with Crippen molar-refractivity contribution < 1.29 is 0 Å². The average molecular weight is 375 g/mol. The third-order valence-corrected chi connectivity index (χ3v) is 5.29. The van der Waals surface area contributed by atoms with Gasteiger partial charge in [0.25, 0.3) is 0 Å². The molecule has 0 aliphatic rings. The Hall–Kier alpha value is -2.54. The van der Waals surface area contributed by atoms with Gasteiger partial charge in [-0.05, 0) is 33.9 Å². The largest absolute Gasteiger partial charge is 0.0827 e. The molecule has 0 spiro atoms. The van der Waals surface area contributed by atoms with E-state index in [2.05, 4.69) is 66.7 Å². The average Bonchev–Trinajstić information content (AvgIpc) is 2.71. The van der Waals surface area contributed by atoms with Crippen LogP contribution in [-0.4, -0.2) is 0 Å². The minimum atomic E-state index is 0.565. The summed E-state index contributed by atoms with van der Waals surface area (Å²) in [4.78, 5) is 0. The van der Waals surface area contributed by atoms with Gasteiger partial charge >= 0.3 is 0 Å². The maximum atomic E-state index is 6.51. The summed E-state index contributed by atoms with van der Waals surface area (Å²) in [5, 5.41) is 1.15. The van der Waals surface area contributed by atoms with E-state index in [1.165, 1.54) is 16.7 Å². The molecule has 0 amide bonds. The highest BCUT2D eigenvalue weighted by Gasteiger charge is 2.14. The molecular formula is C24H16Cl2. The van der Waals surface area contributed by atoms with Crippen molar-refractivity contribution in [2.24, 2.45) is 0 Å². The second-order valence-corrected chi connectivity index (χ2v) is 6.84. The fraction of sp³-hybridized carbons (Fsp3) is 0. The van der Waals surface area contributed by atoms with Gasteiger partial charge in [0.15, 0.2) is 0 Å². The quantitative estimate of drug-likeness (QED) is 0.340. The van der Waals surface area contributed by atoms with E-state index in [-0.39, 0.29) is 0 Å². The lowest BCUT2D eigenvalue weighted by Gasteiger charge is -2.15. The molecule has 0 aromatic heterocycles. The highest BCUT2D eigenvalue weighted by Crippen LogP contribution is 2.41. The molecule has 0 N–H and O–H groups in total. The Labute approximate surface area is 163 Å². The van der Waals surface area contributed by atoms with E-state index in [0.717, 1.165) is 16.7 Å². The lowest BCUT2D eigenvalue weighted by molar-refractivity contribution is 1.56. The number of benzene rings is 4. The van der Waals surface area contributed by atoms with Crippen molar-refractivity contribution in [1.82, 2.24) is 0 Å². The van der Waals surface area contributed by atoms with E-state index in [0.29, 0.717) is 10.0 Å². The number of halogens is 2. The van der Waals surface area contributed by atoms with Gasteiger partial charge in [-0.1, -0.05) is 114 Å². The summed E-state index contributed by atoms with van der Waals surface area (Å²) in [6.07, 6.45) is 0. The van der Waals surface area contributed by atoms with E-state index in [1.54, 1.807) is 0 Å². The number of hydrogen-bond donors (Lipinski definition) is 0. The number of hydrogen-bond acceptors (Lipinski definition) is 0. The molecule has 4 rings (SSSR count). The zero-order valence-electron chi connectivity index (χ0n) is 14.0. The van der Waals surface area contributed by atoms with Crippen LogP contribution in [0, 0.1) is 0 Å². The zero-order valence-corrected chi connectivity index (χ0v) is 15.5. The Kier molecular flexibility index (Phi) is 4.79. The van der Waals surface area contributed by atoms with Crippen LogP contribution in [0.2, 0.25) is 10.0 Å². The molecule has 0 saturated carbocycles. The van der Waals surface area contributed by atoms with Crippen LogP contribution in [0.1, 0.15) is 0 Å². The Morgan fingerprint density at radius 2 is 0.846 bits per heavy atom. The molecule has 4 aromatic rings. The Morgan fingerprint density at radius 1 is 0.385 bits per heavy atom. The normalized spacial score (nSPS) is 10.7. The van der Waals surface area contributed by atoms with Crippen molar-refractivity contribution in [2.45, 2.75) is 0 Å². The first-order valence-corrected chi connectivity index (χ1v) is 9.19. The van der Waals surface area contributed by atoms with Crippen molar-refractivity contribution in [3.63, 3.8) is 0 Å². The molecule has 0 atom stereocenters. The smallest absolute Gasteiger partial charge is 0.0670 e. The molecular weight excluding hydrogens is 359 g/mol. The summed E-state index contributed by atoms with van der Waals surface area (Å²) < 4.78 is 0. The summed E-state index contributed by atoms with van der Waals surface area (Å²) in [7, 11) is 0. The summed E-state index contributed by atoms with van der Waals surface area (Å²) in [5.41, 5.74) is 6.70. The SMILES string of the molecule is Clc1cccc(-c2ccccc2-c2ccccc2-c2ccccc2)c1Cl. The van der Waals surface area contributed by atoms with Crippen LogP contribution in [0.25, 0.3) is 33.4 Å². The third kappa shape index (κ3) is 3.14. The molecule has 0 unspecified atom stereocenters. The van der Waals surface area contributed by atoms with Crippen LogP contribution in [0.4, 0.5) is 0 Å².